The smallest absolute Gasteiger partial charge is 0.119 e. The summed E-state index contributed by atoms with van der Waals surface area (Å²) in [6, 6.07) is 6.18. The number of nitrogens with zero attached hydrogens (tertiary/aromatic N) is 1. The van der Waals surface area contributed by atoms with Gasteiger partial charge in [-0.25, -0.2) is 0 Å². The molecule has 3 rings (SSSR count). The molecule has 0 saturated carbocycles. The van der Waals surface area contributed by atoms with Gasteiger partial charge in [0.15, 0.2) is 0 Å². The van der Waals surface area contributed by atoms with E-state index < -0.39 is 0 Å². The van der Waals surface area contributed by atoms with Crippen LogP contribution in [0.25, 0.3) is 0 Å². The predicted octanol–water partition coefficient (Wildman–Crippen LogP) is 1.71. The van der Waals surface area contributed by atoms with Crippen LogP contribution >= 0.6 is 0 Å². The Bertz CT molecular complexity index is 405. The molecule has 0 bridgehead atoms. The van der Waals surface area contributed by atoms with Crippen LogP contribution in [-0.2, 0) is 11.2 Å². The Labute approximate surface area is 95.6 Å². The molecule has 2 atom stereocenters. The van der Waals surface area contributed by atoms with Crippen molar-refractivity contribution >= 4 is 0 Å². The van der Waals surface area contributed by atoms with E-state index in [0.29, 0.717) is 11.8 Å². The van der Waals surface area contributed by atoms with Gasteiger partial charge in [-0.1, -0.05) is 19.1 Å². The summed E-state index contributed by atoms with van der Waals surface area (Å²) in [5.41, 5.74) is 2.26. The number of benzene rings is 1. The molecule has 1 aliphatic carbocycles. The van der Waals surface area contributed by atoms with Gasteiger partial charge in [-0.15, -0.1) is 0 Å². The van der Waals surface area contributed by atoms with E-state index in [4.69, 9.17) is 4.74 Å². The second kappa shape index (κ2) is 3.75. The summed E-state index contributed by atoms with van der Waals surface area (Å²) in [5.74, 6) is 0.423. The monoisotopic (exact) mass is 219 g/mol. The van der Waals surface area contributed by atoms with E-state index in [0.717, 1.165) is 31.7 Å². The number of hydrogen-bond acceptors (Lipinski definition) is 3. The van der Waals surface area contributed by atoms with Crippen molar-refractivity contribution in [1.82, 2.24) is 4.90 Å². The molecule has 0 radical (unpaired) electrons. The van der Waals surface area contributed by atoms with Crippen LogP contribution in [0.15, 0.2) is 18.2 Å². The summed E-state index contributed by atoms with van der Waals surface area (Å²) in [5, 5.41) is 9.86. The van der Waals surface area contributed by atoms with Gasteiger partial charge in [-0.05, 0) is 24.6 Å². The number of ether oxygens (including phenoxy) is 1. The van der Waals surface area contributed by atoms with Crippen molar-refractivity contribution in [3.8, 4) is 5.75 Å². The van der Waals surface area contributed by atoms with Crippen molar-refractivity contribution in [3.05, 3.63) is 29.3 Å². The molecular weight excluding hydrogens is 202 g/mol. The van der Waals surface area contributed by atoms with Crippen LogP contribution in [0.1, 0.15) is 24.2 Å². The van der Waals surface area contributed by atoms with Crippen LogP contribution in [0.5, 0.6) is 5.75 Å². The third-order valence-electron chi connectivity index (χ3n) is 3.81. The van der Waals surface area contributed by atoms with Crippen LogP contribution in [-0.4, -0.2) is 35.7 Å². The second-order valence-electron chi connectivity index (χ2n) is 4.54. The number of phenols is 1. The molecule has 16 heavy (non-hydrogen) atoms. The van der Waals surface area contributed by atoms with E-state index in [1.807, 2.05) is 6.07 Å². The van der Waals surface area contributed by atoms with Crippen LogP contribution in [0.3, 0.4) is 0 Å². The molecule has 1 aromatic carbocycles. The van der Waals surface area contributed by atoms with Crippen LogP contribution in [0.2, 0.25) is 0 Å². The highest BCUT2D eigenvalue weighted by Crippen LogP contribution is 2.42. The molecule has 1 heterocycles. The summed E-state index contributed by atoms with van der Waals surface area (Å²) in [6.07, 6.45) is 1.08. The van der Waals surface area contributed by atoms with Gasteiger partial charge < -0.3 is 9.84 Å². The van der Waals surface area contributed by atoms with Gasteiger partial charge in [0.25, 0.3) is 0 Å². The molecule has 1 aromatic rings. The topological polar surface area (TPSA) is 32.7 Å². The van der Waals surface area contributed by atoms with E-state index in [2.05, 4.69) is 17.9 Å². The van der Waals surface area contributed by atoms with Crippen LogP contribution in [0.4, 0.5) is 0 Å². The molecule has 2 unspecified atom stereocenters. The summed E-state index contributed by atoms with van der Waals surface area (Å²) < 4.78 is 5.86. The van der Waals surface area contributed by atoms with E-state index in [-0.39, 0.29) is 6.10 Å². The Morgan fingerprint density at radius 3 is 3.19 bits per heavy atom. The summed E-state index contributed by atoms with van der Waals surface area (Å²) in [4.78, 5) is 2.45. The van der Waals surface area contributed by atoms with Crippen molar-refractivity contribution in [2.75, 3.05) is 19.7 Å². The molecule has 1 fully saturated rings. The first-order valence-electron chi connectivity index (χ1n) is 5.97. The van der Waals surface area contributed by atoms with E-state index in [9.17, 15) is 5.11 Å². The standard InChI is InChI=1S/C13H17NO2/c1-2-14-6-7-16-13-9-4-3-5-12(15)10(9)8-11(13)14/h3-5,11,13,15H,2,6-8H2,1H3. The maximum atomic E-state index is 9.86. The maximum Gasteiger partial charge on any atom is 0.119 e. The Morgan fingerprint density at radius 2 is 2.38 bits per heavy atom. The maximum absolute atomic E-state index is 9.86. The highest BCUT2D eigenvalue weighted by Gasteiger charge is 2.40. The van der Waals surface area contributed by atoms with Gasteiger partial charge in [-0.3, -0.25) is 4.90 Å². The predicted molar refractivity (Wildman–Crippen MR) is 61.5 cm³/mol. The average Bonchev–Trinajstić information content (AvgIpc) is 2.69. The molecule has 0 aromatic heterocycles. The Morgan fingerprint density at radius 1 is 1.50 bits per heavy atom. The number of rotatable bonds is 1. The molecule has 0 amide bonds. The Balaban J connectivity index is 1.99. The second-order valence-corrected chi connectivity index (χ2v) is 4.54. The lowest BCUT2D eigenvalue weighted by atomic mass is 10.1. The number of likely N-dealkylation sites (N-methyl/N-ethyl adjacent to an activating group) is 1. The molecule has 1 N–H and O–H groups in total. The summed E-state index contributed by atoms with van der Waals surface area (Å²) >= 11 is 0. The molecule has 1 saturated heterocycles. The number of phenolic OH excluding ortho intramolecular Hbond substituents is 1. The lowest BCUT2D eigenvalue weighted by Crippen LogP contribution is -2.45. The van der Waals surface area contributed by atoms with E-state index >= 15 is 0 Å². The zero-order chi connectivity index (χ0) is 11.1. The van der Waals surface area contributed by atoms with Crippen molar-refractivity contribution in [2.24, 2.45) is 0 Å². The number of morpholine rings is 1. The quantitative estimate of drug-likeness (QED) is 0.780. The van der Waals surface area contributed by atoms with Crippen molar-refractivity contribution in [2.45, 2.75) is 25.5 Å². The first-order chi connectivity index (χ1) is 7.81. The first-order valence-corrected chi connectivity index (χ1v) is 5.97. The van der Waals surface area contributed by atoms with Gasteiger partial charge in [0.05, 0.1) is 12.7 Å². The van der Waals surface area contributed by atoms with Gasteiger partial charge in [0.1, 0.15) is 5.75 Å². The Hall–Kier alpha value is -1.06. The van der Waals surface area contributed by atoms with Crippen molar-refractivity contribution in [3.63, 3.8) is 0 Å². The first kappa shape index (κ1) is 10.1. The normalized spacial score (nSPS) is 28.8. The minimum atomic E-state index is 0.163. The summed E-state index contributed by atoms with van der Waals surface area (Å²) in [6.45, 7) is 5.04. The third kappa shape index (κ3) is 1.35. The minimum Gasteiger partial charge on any atom is -0.508 e. The average molecular weight is 219 g/mol. The van der Waals surface area contributed by atoms with Gasteiger partial charge in [-0.2, -0.15) is 0 Å². The van der Waals surface area contributed by atoms with E-state index in [1.165, 1.54) is 5.56 Å². The molecule has 2 aliphatic rings. The van der Waals surface area contributed by atoms with Crippen LogP contribution in [0, 0.1) is 0 Å². The lowest BCUT2D eigenvalue weighted by Gasteiger charge is -2.37. The van der Waals surface area contributed by atoms with Gasteiger partial charge >= 0.3 is 0 Å². The zero-order valence-corrected chi connectivity index (χ0v) is 9.52. The van der Waals surface area contributed by atoms with Crippen LogP contribution < -0.4 is 0 Å². The SMILES string of the molecule is CCN1CCOC2c3cccc(O)c3CC21. The van der Waals surface area contributed by atoms with E-state index in [1.54, 1.807) is 6.07 Å². The lowest BCUT2D eigenvalue weighted by molar-refractivity contribution is -0.0624. The number of aromatic hydroxyl groups is 1. The fourth-order valence-electron chi connectivity index (χ4n) is 2.98. The molecule has 3 heteroatoms. The van der Waals surface area contributed by atoms with Crippen molar-refractivity contribution < 1.29 is 9.84 Å². The molecule has 1 aliphatic heterocycles. The highest BCUT2D eigenvalue weighted by atomic mass is 16.5. The molecule has 0 spiro atoms. The third-order valence-corrected chi connectivity index (χ3v) is 3.81. The largest absolute Gasteiger partial charge is 0.508 e. The number of hydrogen-bond donors (Lipinski definition) is 1. The zero-order valence-electron chi connectivity index (χ0n) is 9.52. The van der Waals surface area contributed by atoms with Gasteiger partial charge in [0.2, 0.25) is 0 Å². The fraction of sp³-hybridized carbons (Fsp3) is 0.538. The molecule has 3 nitrogen and oxygen atoms in total. The Kier molecular flexibility index (Phi) is 2.37. The summed E-state index contributed by atoms with van der Waals surface area (Å²) in [7, 11) is 0. The molecule has 86 valence electrons. The molecular formula is C13H17NO2. The minimum absolute atomic E-state index is 0.163. The fourth-order valence-corrected chi connectivity index (χ4v) is 2.98. The van der Waals surface area contributed by atoms with Gasteiger partial charge in [0, 0.05) is 18.2 Å². The highest BCUT2D eigenvalue weighted by molar-refractivity contribution is 5.45. The number of fused-ring (bicyclic) bond motifs is 3. The van der Waals surface area contributed by atoms with Crippen molar-refractivity contribution in [1.29, 1.82) is 0 Å².